The van der Waals surface area contributed by atoms with Crippen molar-refractivity contribution < 1.29 is 8.81 Å². The van der Waals surface area contributed by atoms with Gasteiger partial charge in [0.1, 0.15) is 11.4 Å². The van der Waals surface area contributed by atoms with Crippen LogP contribution < -0.4 is 10.5 Å². The molecule has 1 aliphatic heterocycles. The number of aromatic nitrogens is 2. The summed E-state index contributed by atoms with van der Waals surface area (Å²) in [5, 5.41) is 5.79. The van der Waals surface area contributed by atoms with Crippen LogP contribution in [-0.2, 0) is 0 Å². The quantitative estimate of drug-likeness (QED) is 0.242. The Hall–Kier alpha value is -3.78. The molecule has 2 aromatic heterocycles. The number of benzene rings is 3. The molecule has 0 amide bonds. The van der Waals surface area contributed by atoms with Crippen molar-refractivity contribution in [2.24, 2.45) is 5.10 Å². The Labute approximate surface area is 214 Å². The molecule has 0 N–H and O–H groups in total. The van der Waals surface area contributed by atoms with E-state index in [9.17, 15) is 9.18 Å². The molecule has 0 saturated carbocycles. The van der Waals surface area contributed by atoms with E-state index in [1.54, 1.807) is 18.2 Å². The first-order valence-corrected chi connectivity index (χ1v) is 12.6. The molecular weight excluding hydrogens is 523 g/mol. The first kappa shape index (κ1) is 22.7. The molecule has 0 aliphatic carbocycles. The van der Waals surface area contributed by atoms with E-state index in [4.69, 9.17) is 9.40 Å². The van der Waals surface area contributed by atoms with Crippen molar-refractivity contribution in [3.63, 3.8) is 0 Å². The van der Waals surface area contributed by atoms with Crippen LogP contribution >= 0.6 is 15.9 Å². The first-order chi connectivity index (χ1) is 17.5. The standard InChI is InChI=1S/C28H22BrFN4O2/c1-17-12-24(33-10-4-5-11-33)22(30)14-19(17)16-31-34-27(32-23-7-3-2-6-21(23)28(34)35)26-15-18-13-20(29)8-9-25(18)36-26/h2-3,6-9,12-16H,4-5,10-11H2,1H3. The lowest BCUT2D eigenvalue weighted by Gasteiger charge is -2.19. The Bertz CT molecular complexity index is 1720. The van der Waals surface area contributed by atoms with Gasteiger partial charge in [0.15, 0.2) is 5.76 Å². The van der Waals surface area contributed by atoms with Crippen LogP contribution in [0.1, 0.15) is 24.0 Å². The molecule has 8 heteroatoms. The molecule has 3 aromatic carbocycles. The molecule has 1 aliphatic rings. The minimum Gasteiger partial charge on any atom is -0.453 e. The molecule has 5 aromatic rings. The van der Waals surface area contributed by atoms with Gasteiger partial charge in [-0.1, -0.05) is 28.1 Å². The Morgan fingerprint density at radius 1 is 1.08 bits per heavy atom. The third-order valence-corrected chi connectivity index (χ3v) is 7.04. The van der Waals surface area contributed by atoms with Crippen molar-refractivity contribution >= 4 is 49.7 Å². The number of fused-ring (bicyclic) bond motifs is 2. The van der Waals surface area contributed by atoms with Gasteiger partial charge >= 0.3 is 0 Å². The largest absolute Gasteiger partial charge is 0.453 e. The highest BCUT2D eigenvalue weighted by Gasteiger charge is 2.19. The van der Waals surface area contributed by atoms with Gasteiger partial charge < -0.3 is 9.32 Å². The zero-order chi connectivity index (χ0) is 24.8. The number of halogens is 2. The summed E-state index contributed by atoms with van der Waals surface area (Å²) in [6.45, 7) is 3.64. The lowest BCUT2D eigenvalue weighted by molar-refractivity contribution is 0.615. The van der Waals surface area contributed by atoms with Crippen LogP contribution in [0.4, 0.5) is 10.1 Å². The summed E-state index contributed by atoms with van der Waals surface area (Å²) in [5.74, 6) is 0.389. The topological polar surface area (TPSA) is 63.6 Å². The summed E-state index contributed by atoms with van der Waals surface area (Å²) >= 11 is 3.48. The van der Waals surface area contributed by atoms with Gasteiger partial charge in [-0.15, -0.1) is 0 Å². The number of nitrogens with zero attached hydrogens (tertiary/aromatic N) is 4. The molecule has 0 unspecified atom stereocenters. The van der Waals surface area contributed by atoms with Gasteiger partial charge in [0.2, 0.25) is 5.82 Å². The van der Waals surface area contributed by atoms with Crippen LogP contribution in [0.3, 0.4) is 0 Å². The number of anilines is 1. The summed E-state index contributed by atoms with van der Waals surface area (Å²) < 4.78 is 23.2. The summed E-state index contributed by atoms with van der Waals surface area (Å²) in [4.78, 5) is 20.2. The molecule has 6 nitrogen and oxygen atoms in total. The normalized spacial score (nSPS) is 14.0. The Morgan fingerprint density at radius 3 is 2.72 bits per heavy atom. The summed E-state index contributed by atoms with van der Waals surface area (Å²) in [7, 11) is 0. The number of rotatable bonds is 4. The fourth-order valence-corrected chi connectivity index (χ4v) is 5.03. The minimum absolute atomic E-state index is 0.272. The van der Waals surface area contributed by atoms with Crippen molar-refractivity contribution in [3.05, 3.63) is 92.4 Å². The number of hydrogen-bond acceptors (Lipinski definition) is 5. The molecular formula is C28H22BrFN4O2. The maximum atomic E-state index is 15.0. The predicted octanol–water partition coefficient (Wildman–Crippen LogP) is 6.50. The van der Waals surface area contributed by atoms with Crippen LogP contribution in [0.25, 0.3) is 33.5 Å². The molecule has 3 heterocycles. The van der Waals surface area contributed by atoms with E-state index < -0.39 is 0 Å². The lowest BCUT2D eigenvalue weighted by atomic mass is 10.1. The van der Waals surface area contributed by atoms with Crippen molar-refractivity contribution in [2.75, 3.05) is 18.0 Å². The Kier molecular flexibility index (Phi) is 5.68. The minimum atomic E-state index is -0.333. The second kappa shape index (κ2) is 9.02. The van der Waals surface area contributed by atoms with Crippen LogP contribution in [-0.4, -0.2) is 29.0 Å². The van der Waals surface area contributed by atoms with Gasteiger partial charge in [-0.05, 0) is 73.9 Å². The predicted molar refractivity (Wildman–Crippen MR) is 144 cm³/mol. The van der Waals surface area contributed by atoms with E-state index in [1.807, 2.05) is 43.3 Å². The van der Waals surface area contributed by atoms with Gasteiger partial charge in [-0.2, -0.15) is 9.78 Å². The smallest absolute Gasteiger partial charge is 0.282 e. The van der Waals surface area contributed by atoms with Crippen molar-refractivity contribution in [1.29, 1.82) is 0 Å². The molecule has 0 bridgehead atoms. The Morgan fingerprint density at radius 2 is 1.89 bits per heavy atom. The lowest BCUT2D eigenvalue weighted by Crippen LogP contribution is -2.20. The highest BCUT2D eigenvalue weighted by atomic mass is 79.9. The average Bonchev–Trinajstić information content (AvgIpc) is 3.55. The molecule has 1 saturated heterocycles. The molecule has 0 spiro atoms. The number of aryl methyl sites for hydroxylation is 1. The van der Waals surface area contributed by atoms with E-state index >= 15 is 0 Å². The second-order valence-electron chi connectivity index (χ2n) is 8.96. The zero-order valence-electron chi connectivity index (χ0n) is 19.5. The maximum Gasteiger partial charge on any atom is 0.282 e. The zero-order valence-corrected chi connectivity index (χ0v) is 21.1. The average molecular weight is 545 g/mol. The van der Waals surface area contributed by atoms with Gasteiger partial charge in [0, 0.05) is 28.5 Å². The SMILES string of the molecule is Cc1cc(N2CCCC2)c(F)cc1C=Nn1c(-c2cc3cc(Br)ccc3o2)nc2ccccc2c1=O. The van der Waals surface area contributed by atoms with Crippen LogP contribution in [0, 0.1) is 12.7 Å². The first-order valence-electron chi connectivity index (χ1n) is 11.8. The fraction of sp³-hybridized carbons (Fsp3) is 0.179. The molecule has 180 valence electrons. The monoisotopic (exact) mass is 544 g/mol. The van der Waals surface area contributed by atoms with E-state index in [2.05, 4.69) is 25.9 Å². The molecule has 0 radical (unpaired) electrons. The van der Waals surface area contributed by atoms with E-state index in [0.717, 1.165) is 41.4 Å². The van der Waals surface area contributed by atoms with Gasteiger partial charge in [0.25, 0.3) is 5.56 Å². The highest BCUT2D eigenvalue weighted by molar-refractivity contribution is 9.10. The van der Waals surface area contributed by atoms with Crippen molar-refractivity contribution in [2.45, 2.75) is 19.8 Å². The molecule has 1 fully saturated rings. The van der Waals surface area contributed by atoms with E-state index in [0.29, 0.717) is 33.5 Å². The molecule has 0 atom stereocenters. The molecule has 6 rings (SSSR count). The second-order valence-corrected chi connectivity index (χ2v) is 9.88. The number of para-hydroxylation sites is 1. The van der Waals surface area contributed by atoms with Gasteiger partial charge in [0.05, 0.1) is 22.8 Å². The van der Waals surface area contributed by atoms with E-state index in [1.165, 1.54) is 17.0 Å². The van der Waals surface area contributed by atoms with Crippen molar-refractivity contribution in [1.82, 2.24) is 9.66 Å². The van der Waals surface area contributed by atoms with Crippen LogP contribution in [0.15, 0.2) is 79.4 Å². The third kappa shape index (κ3) is 4.01. The van der Waals surface area contributed by atoms with Crippen LogP contribution in [0.5, 0.6) is 0 Å². The maximum absolute atomic E-state index is 15.0. The fourth-order valence-electron chi connectivity index (χ4n) is 4.66. The third-order valence-electron chi connectivity index (χ3n) is 6.55. The number of furan rings is 1. The Balaban J connectivity index is 1.49. The molecule has 36 heavy (non-hydrogen) atoms. The number of hydrogen-bond donors (Lipinski definition) is 0. The van der Waals surface area contributed by atoms with Gasteiger partial charge in [-0.3, -0.25) is 4.79 Å². The van der Waals surface area contributed by atoms with Crippen molar-refractivity contribution in [3.8, 4) is 11.6 Å². The summed E-state index contributed by atoms with van der Waals surface area (Å²) in [5.41, 5.74) is 2.96. The van der Waals surface area contributed by atoms with Gasteiger partial charge in [-0.25, -0.2) is 9.37 Å². The van der Waals surface area contributed by atoms with E-state index in [-0.39, 0.29) is 17.2 Å². The summed E-state index contributed by atoms with van der Waals surface area (Å²) in [6, 6.07) is 17.9. The summed E-state index contributed by atoms with van der Waals surface area (Å²) in [6.07, 6.45) is 3.65. The highest BCUT2D eigenvalue weighted by Crippen LogP contribution is 2.30. The van der Waals surface area contributed by atoms with Crippen LogP contribution in [0.2, 0.25) is 0 Å².